The van der Waals surface area contributed by atoms with Gasteiger partial charge in [0.05, 0.1) is 18.4 Å². The summed E-state index contributed by atoms with van der Waals surface area (Å²) < 4.78 is 5.16. The highest BCUT2D eigenvalue weighted by Crippen LogP contribution is 2.24. The zero-order chi connectivity index (χ0) is 19.1. The number of nitrogens with one attached hydrogen (secondary N) is 3. The van der Waals surface area contributed by atoms with Crippen LogP contribution in [0.3, 0.4) is 0 Å². The minimum atomic E-state index is -0.136. The Balaban J connectivity index is 1.58. The van der Waals surface area contributed by atoms with Crippen molar-refractivity contribution in [3.8, 4) is 5.75 Å². The van der Waals surface area contributed by atoms with Crippen molar-refractivity contribution in [3.63, 3.8) is 0 Å². The van der Waals surface area contributed by atoms with E-state index in [-0.39, 0.29) is 23.6 Å². The third-order valence-corrected chi connectivity index (χ3v) is 5.31. The van der Waals surface area contributed by atoms with E-state index in [9.17, 15) is 9.59 Å². The Labute approximate surface area is 163 Å². The molecule has 2 aromatic carbocycles. The van der Waals surface area contributed by atoms with Gasteiger partial charge in [0.15, 0.2) is 0 Å². The molecule has 1 aliphatic rings. The Bertz CT molecular complexity index is 807. The first-order chi connectivity index (χ1) is 13.2. The molecule has 1 aliphatic heterocycles. The van der Waals surface area contributed by atoms with E-state index >= 15 is 0 Å². The van der Waals surface area contributed by atoms with Gasteiger partial charge < -0.3 is 20.7 Å². The molecule has 6 nitrogen and oxygen atoms in total. The smallest absolute Gasteiger partial charge is 0.252 e. The number of hydrogen-bond acceptors (Lipinski definition) is 5. The largest absolute Gasteiger partial charge is 0.497 e. The fourth-order valence-corrected chi connectivity index (χ4v) is 3.71. The van der Waals surface area contributed by atoms with E-state index in [1.807, 2.05) is 36.4 Å². The Kier molecular flexibility index (Phi) is 6.73. The second kappa shape index (κ2) is 9.43. The molecule has 3 N–H and O–H groups in total. The molecule has 0 bridgehead atoms. The number of thioether (sulfide) groups is 1. The van der Waals surface area contributed by atoms with Gasteiger partial charge >= 0.3 is 0 Å². The second-order valence-corrected chi connectivity index (χ2v) is 7.25. The SMILES string of the molecule is COc1cccc(NC(=O)CSc2ccccc2C(=O)NC2CCNC2)c1. The molecule has 1 unspecified atom stereocenters. The highest BCUT2D eigenvalue weighted by atomic mass is 32.2. The maximum atomic E-state index is 12.6. The summed E-state index contributed by atoms with van der Waals surface area (Å²) in [5.41, 5.74) is 1.28. The van der Waals surface area contributed by atoms with Crippen LogP contribution < -0.4 is 20.7 Å². The summed E-state index contributed by atoms with van der Waals surface area (Å²) in [6.45, 7) is 1.72. The van der Waals surface area contributed by atoms with E-state index in [0.717, 1.165) is 24.4 Å². The molecule has 0 spiro atoms. The van der Waals surface area contributed by atoms with Gasteiger partial charge in [-0.25, -0.2) is 0 Å². The van der Waals surface area contributed by atoms with Crippen LogP contribution in [-0.2, 0) is 4.79 Å². The number of amides is 2. The number of anilines is 1. The van der Waals surface area contributed by atoms with E-state index < -0.39 is 0 Å². The predicted molar refractivity (Wildman–Crippen MR) is 108 cm³/mol. The minimum Gasteiger partial charge on any atom is -0.497 e. The molecule has 1 atom stereocenters. The van der Waals surface area contributed by atoms with Gasteiger partial charge in [-0.15, -0.1) is 11.8 Å². The molecule has 3 rings (SSSR count). The molecule has 27 heavy (non-hydrogen) atoms. The van der Waals surface area contributed by atoms with Crippen LogP contribution in [-0.4, -0.2) is 43.8 Å². The summed E-state index contributed by atoms with van der Waals surface area (Å²) in [5.74, 6) is 0.666. The molecule has 0 radical (unpaired) electrons. The zero-order valence-corrected chi connectivity index (χ0v) is 16.0. The highest BCUT2D eigenvalue weighted by molar-refractivity contribution is 8.00. The average molecular weight is 385 g/mol. The highest BCUT2D eigenvalue weighted by Gasteiger charge is 2.19. The lowest BCUT2D eigenvalue weighted by molar-refractivity contribution is -0.113. The van der Waals surface area contributed by atoms with Crippen molar-refractivity contribution in [2.45, 2.75) is 17.4 Å². The Morgan fingerprint density at radius 2 is 2.07 bits per heavy atom. The standard InChI is InChI=1S/C20H23N3O3S/c1-26-16-6-4-5-14(11-16)22-19(24)13-27-18-8-3-2-7-17(18)20(25)23-15-9-10-21-12-15/h2-8,11,15,21H,9-10,12-13H2,1H3,(H,22,24)(H,23,25). The van der Waals surface area contributed by atoms with Gasteiger partial charge in [-0.1, -0.05) is 18.2 Å². The molecule has 7 heteroatoms. The first-order valence-corrected chi connectivity index (χ1v) is 9.81. The lowest BCUT2D eigenvalue weighted by Gasteiger charge is -2.14. The molecule has 2 aromatic rings. The van der Waals surface area contributed by atoms with Crippen molar-refractivity contribution in [2.75, 3.05) is 31.3 Å². The number of carbonyl (C=O) groups excluding carboxylic acids is 2. The number of methoxy groups -OCH3 is 1. The third-order valence-electron chi connectivity index (χ3n) is 4.24. The Hall–Kier alpha value is -2.51. The van der Waals surface area contributed by atoms with Crippen LogP contribution in [0, 0.1) is 0 Å². The van der Waals surface area contributed by atoms with Gasteiger partial charge in [0.1, 0.15) is 5.75 Å². The molecule has 0 aliphatic carbocycles. The molecule has 0 saturated carbocycles. The van der Waals surface area contributed by atoms with E-state index in [0.29, 0.717) is 17.0 Å². The predicted octanol–water partition coefficient (Wildman–Crippen LogP) is 2.52. The summed E-state index contributed by atoms with van der Waals surface area (Å²) in [4.78, 5) is 25.6. The second-order valence-electron chi connectivity index (χ2n) is 6.23. The lowest BCUT2D eigenvalue weighted by Crippen LogP contribution is -2.36. The van der Waals surface area contributed by atoms with Gasteiger partial charge in [0.25, 0.3) is 5.91 Å². The Morgan fingerprint density at radius 3 is 2.85 bits per heavy atom. The molecule has 2 amide bonds. The molecule has 1 heterocycles. The monoisotopic (exact) mass is 385 g/mol. The number of ether oxygens (including phenoxy) is 1. The maximum Gasteiger partial charge on any atom is 0.252 e. The van der Waals surface area contributed by atoms with E-state index in [1.165, 1.54) is 11.8 Å². The number of benzene rings is 2. The summed E-state index contributed by atoms with van der Waals surface area (Å²) in [6, 6.07) is 14.7. The number of hydrogen-bond donors (Lipinski definition) is 3. The van der Waals surface area contributed by atoms with Gasteiger partial charge in [0.2, 0.25) is 5.91 Å². The molecule has 142 valence electrons. The van der Waals surface area contributed by atoms with Gasteiger partial charge in [-0.3, -0.25) is 9.59 Å². The van der Waals surface area contributed by atoms with Crippen LogP contribution in [0.5, 0.6) is 5.75 Å². The van der Waals surface area contributed by atoms with Crippen LogP contribution in [0.4, 0.5) is 5.69 Å². The first kappa shape index (κ1) is 19.3. The fourth-order valence-electron chi connectivity index (χ4n) is 2.86. The fraction of sp³-hybridized carbons (Fsp3) is 0.300. The van der Waals surface area contributed by atoms with Crippen molar-refractivity contribution < 1.29 is 14.3 Å². The lowest BCUT2D eigenvalue weighted by atomic mass is 10.2. The van der Waals surface area contributed by atoms with Crippen molar-refractivity contribution in [3.05, 3.63) is 54.1 Å². The van der Waals surface area contributed by atoms with Crippen molar-refractivity contribution in [2.24, 2.45) is 0 Å². The maximum absolute atomic E-state index is 12.6. The van der Waals surface area contributed by atoms with E-state index in [2.05, 4.69) is 16.0 Å². The van der Waals surface area contributed by atoms with E-state index in [1.54, 1.807) is 19.2 Å². The molecule has 1 saturated heterocycles. The molecular weight excluding hydrogens is 362 g/mol. The normalized spacial score (nSPS) is 16.0. The van der Waals surface area contributed by atoms with Crippen LogP contribution in [0.15, 0.2) is 53.4 Å². The summed E-state index contributed by atoms with van der Waals surface area (Å²) in [5, 5.41) is 9.13. The van der Waals surface area contributed by atoms with Crippen LogP contribution in [0.2, 0.25) is 0 Å². The summed E-state index contributed by atoms with van der Waals surface area (Å²) in [7, 11) is 1.58. The quantitative estimate of drug-likeness (QED) is 0.638. The van der Waals surface area contributed by atoms with Crippen molar-refractivity contribution in [1.82, 2.24) is 10.6 Å². The van der Waals surface area contributed by atoms with Gasteiger partial charge in [-0.2, -0.15) is 0 Å². The van der Waals surface area contributed by atoms with Crippen molar-refractivity contribution >= 4 is 29.3 Å². The van der Waals surface area contributed by atoms with Crippen molar-refractivity contribution in [1.29, 1.82) is 0 Å². The molecule has 0 aromatic heterocycles. The number of carbonyl (C=O) groups is 2. The Morgan fingerprint density at radius 1 is 1.22 bits per heavy atom. The third kappa shape index (κ3) is 5.48. The van der Waals surface area contributed by atoms with Gasteiger partial charge in [0, 0.05) is 29.2 Å². The summed E-state index contributed by atoms with van der Waals surface area (Å²) in [6.07, 6.45) is 0.935. The summed E-state index contributed by atoms with van der Waals surface area (Å²) >= 11 is 1.35. The topological polar surface area (TPSA) is 79.5 Å². The molecular formula is C20H23N3O3S. The van der Waals surface area contributed by atoms with Crippen LogP contribution in [0.25, 0.3) is 0 Å². The van der Waals surface area contributed by atoms with Crippen LogP contribution >= 0.6 is 11.8 Å². The zero-order valence-electron chi connectivity index (χ0n) is 15.2. The minimum absolute atomic E-state index is 0.0972. The van der Waals surface area contributed by atoms with E-state index in [4.69, 9.17) is 4.74 Å². The van der Waals surface area contributed by atoms with Crippen LogP contribution in [0.1, 0.15) is 16.8 Å². The molecule has 1 fully saturated rings. The van der Waals surface area contributed by atoms with Gasteiger partial charge in [-0.05, 0) is 37.2 Å². The number of rotatable bonds is 7. The first-order valence-electron chi connectivity index (χ1n) is 8.83. The average Bonchev–Trinajstić information content (AvgIpc) is 3.19.